The second-order valence-corrected chi connectivity index (χ2v) is 6.38. The van der Waals surface area contributed by atoms with Crippen molar-refractivity contribution in [1.82, 2.24) is 10.3 Å². The van der Waals surface area contributed by atoms with Crippen LogP contribution in [0.15, 0.2) is 66.9 Å². The van der Waals surface area contributed by atoms with Crippen molar-refractivity contribution < 1.29 is 0 Å². The van der Waals surface area contributed by atoms with Gasteiger partial charge in [0.1, 0.15) is 0 Å². The van der Waals surface area contributed by atoms with E-state index in [1.807, 2.05) is 12.3 Å². The van der Waals surface area contributed by atoms with Gasteiger partial charge < -0.3 is 5.32 Å². The van der Waals surface area contributed by atoms with E-state index in [2.05, 4.69) is 78.7 Å². The summed E-state index contributed by atoms with van der Waals surface area (Å²) < 4.78 is 0. The standard InChI is InChI=1S/C23H26N2/c1-3-19-9-7-8-12-22(19)16-24-14-13-21-15-23(17-25-18(21)2)20-10-5-4-6-11-20/h4-12,15,17,24H,3,13-14,16H2,1-2H3. The van der Waals surface area contributed by atoms with Crippen molar-refractivity contribution in [2.45, 2.75) is 33.2 Å². The van der Waals surface area contributed by atoms with E-state index in [9.17, 15) is 0 Å². The van der Waals surface area contributed by atoms with Crippen molar-refractivity contribution >= 4 is 0 Å². The van der Waals surface area contributed by atoms with Crippen LogP contribution in [0.5, 0.6) is 0 Å². The molecule has 0 atom stereocenters. The van der Waals surface area contributed by atoms with Crippen LogP contribution in [0.25, 0.3) is 11.1 Å². The van der Waals surface area contributed by atoms with E-state index < -0.39 is 0 Å². The Morgan fingerprint density at radius 1 is 0.840 bits per heavy atom. The molecule has 3 rings (SSSR count). The highest BCUT2D eigenvalue weighted by Gasteiger charge is 2.05. The maximum atomic E-state index is 4.59. The van der Waals surface area contributed by atoms with Gasteiger partial charge in [0.05, 0.1) is 0 Å². The lowest BCUT2D eigenvalue weighted by atomic mass is 10.0. The van der Waals surface area contributed by atoms with Gasteiger partial charge in [0.25, 0.3) is 0 Å². The van der Waals surface area contributed by atoms with Crippen molar-refractivity contribution in [3.05, 3.63) is 89.2 Å². The molecule has 0 aliphatic rings. The Kier molecular flexibility index (Phi) is 5.97. The minimum absolute atomic E-state index is 0.925. The fourth-order valence-corrected chi connectivity index (χ4v) is 3.14. The molecule has 0 unspecified atom stereocenters. The molecule has 1 heterocycles. The summed E-state index contributed by atoms with van der Waals surface area (Å²) in [5, 5.41) is 3.58. The maximum absolute atomic E-state index is 4.59. The fraction of sp³-hybridized carbons (Fsp3) is 0.261. The molecule has 2 heteroatoms. The predicted molar refractivity (Wildman–Crippen MR) is 106 cm³/mol. The van der Waals surface area contributed by atoms with Gasteiger partial charge in [-0.1, -0.05) is 61.5 Å². The van der Waals surface area contributed by atoms with Gasteiger partial charge in [0, 0.05) is 24.0 Å². The lowest BCUT2D eigenvalue weighted by molar-refractivity contribution is 0.680. The van der Waals surface area contributed by atoms with Gasteiger partial charge in [-0.3, -0.25) is 4.98 Å². The van der Waals surface area contributed by atoms with E-state index in [1.54, 1.807) is 0 Å². The third kappa shape index (κ3) is 4.55. The summed E-state index contributed by atoms with van der Waals surface area (Å²) in [5.74, 6) is 0. The number of aryl methyl sites for hydroxylation is 2. The number of pyridine rings is 1. The van der Waals surface area contributed by atoms with Gasteiger partial charge in [-0.15, -0.1) is 0 Å². The molecule has 0 spiro atoms. The quantitative estimate of drug-likeness (QED) is 0.620. The van der Waals surface area contributed by atoms with Crippen molar-refractivity contribution in [2.24, 2.45) is 0 Å². The van der Waals surface area contributed by atoms with Crippen LogP contribution in [0.4, 0.5) is 0 Å². The average molecular weight is 330 g/mol. The zero-order valence-electron chi connectivity index (χ0n) is 15.1. The summed E-state index contributed by atoms with van der Waals surface area (Å²) in [6.07, 6.45) is 4.05. The molecule has 3 aromatic rings. The molecular formula is C23H26N2. The molecule has 0 aliphatic heterocycles. The first-order valence-electron chi connectivity index (χ1n) is 9.06. The Balaban J connectivity index is 1.61. The van der Waals surface area contributed by atoms with Crippen LogP contribution < -0.4 is 5.32 Å². The maximum Gasteiger partial charge on any atom is 0.0405 e. The normalized spacial score (nSPS) is 10.8. The molecule has 0 fully saturated rings. The largest absolute Gasteiger partial charge is 0.312 e. The zero-order valence-corrected chi connectivity index (χ0v) is 15.1. The van der Waals surface area contributed by atoms with E-state index in [0.29, 0.717) is 0 Å². The van der Waals surface area contributed by atoms with Gasteiger partial charge in [0.15, 0.2) is 0 Å². The highest BCUT2D eigenvalue weighted by Crippen LogP contribution is 2.20. The Hall–Kier alpha value is -2.45. The van der Waals surface area contributed by atoms with Crippen molar-refractivity contribution in [1.29, 1.82) is 0 Å². The SMILES string of the molecule is CCc1ccccc1CNCCc1cc(-c2ccccc2)cnc1C. The average Bonchev–Trinajstić information content (AvgIpc) is 2.67. The van der Waals surface area contributed by atoms with Crippen LogP contribution in [-0.2, 0) is 19.4 Å². The molecular weight excluding hydrogens is 304 g/mol. The van der Waals surface area contributed by atoms with Gasteiger partial charge in [-0.2, -0.15) is 0 Å². The molecule has 0 amide bonds. The molecule has 128 valence electrons. The summed E-state index contributed by atoms with van der Waals surface area (Å²) in [7, 11) is 0. The third-order valence-electron chi connectivity index (χ3n) is 4.68. The van der Waals surface area contributed by atoms with Crippen molar-refractivity contribution in [2.75, 3.05) is 6.54 Å². The Labute approximate surface area is 151 Å². The van der Waals surface area contributed by atoms with Crippen LogP contribution in [0.1, 0.15) is 29.3 Å². The monoisotopic (exact) mass is 330 g/mol. The molecule has 0 saturated carbocycles. The van der Waals surface area contributed by atoms with Gasteiger partial charge in [-0.05, 0) is 54.6 Å². The van der Waals surface area contributed by atoms with Crippen LogP contribution in [-0.4, -0.2) is 11.5 Å². The van der Waals surface area contributed by atoms with Crippen LogP contribution in [0, 0.1) is 6.92 Å². The third-order valence-corrected chi connectivity index (χ3v) is 4.68. The van der Waals surface area contributed by atoms with Crippen LogP contribution in [0.3, 0.4) is 0 Å². The van der Waals surface area contributed by atoms with Gasteiger partial charge in [-0.25, -0.2) is 0 Å². The first-order valence-corrected chi connectivity index (χ1v) is 9.06. The molecule has 0 radical (unpaired) electrons. The lowest BCUT2D eigenvalue weighted by Gasteiger charge is -2.11. The molecule has 2 nitrogen and oxygen atoms in total. The molecule has 1 aromatic heterocycles. The number of hydrogen-bond acceptors (Lipinski definition) is 2. The molecule has 2 aromatic carbocycles. The number of hydrogen-bond donors (Lipinski definition) is 1. The number of benzene rings is 2. The summed E-state index contributed by atoms with van der Waals surface area (Å²) in [4.78, 5) is 4.59. The van der Waals surface area contributed by atoms with Crippen molar-refractivity contribution in [3.63, 3.8) is 0 Å². The lowest BCUT2D eigenvalue weighted by Crippen LogP contribution is -2.18. The van der Waals surface area contributed by atoms with E-state index in [0.717, 1.165) is 31.6 Å². The minimum Gasteiger partial charge on any atom is -0.312 e. The number of nitrogens with zero attached hydrogens (tertiary/aromatic N) is 1. The second kappa shape index (κ2) is 8.59. The zero-order chi connectivity index (χ0) is 17.5. The van der Waals surface area contributed by atoms with E-state index in [-0.39, 0.29) is 0 Å². The van der Waals surface area contributed by atoms with E-state index in [1.165, 1.54) is 27.8 Å². The minimum atomic E-state index is 0.925. The Morgan fingerprint density at radius 2 is 1.56 bits per heavy atom. The summed E-state index contributed by atoms with van der Waals surface area (Å²) in [6, 6.07) is 21.4. The van der Waals surface area contributed by atoms with Crippen molar-refractivity contribution in [3.8, 4) is 11.1 Å². The highest BCUT2D eigenvalue weighted by atomic mass is 14.8. The Morgan fingerprint density at radius 3 is 2.32 bits per heavy atom. The highest BCUT2D eigenvalue weighted by molar-refractivity contribution is 5.63. The topological polar surface area (TPSA) is 24.9 Å². The molecule has 0 bridgehead atoms. The summed E-state index contributed by atoms with van der Waals surface area (Å²) in [5.41, 5.74) is 7.68. The molecule has 0 saturated heterocycles. The molecule has 25 heavy (non-hydrogen) atoms. The Bertz CT molecular complexity index is 809. The fourth-order valence-electron chi connectivity index (χ4n) is 3.14. The summed E-state index contributed by atoms with van der Waals surface area (Å²) >= 11 is 0. The predicted octanol–water partition coefficient (Wildman–Crippen LogP) is 4.95. The first-order chi connectivity index (χ1) is 12.3. The van der Waals surface area contributed by atoms with Gasteiger partial charge >= 0.3 is 0 Å². The number of nitrogens with one attached hydrogen (secondary N) is 1. The number of rotatable bonds is 7. The molecule has 1 N–H and O–H groups in total. The smallest absolute Gasteiger partial charge is 0.0405 e. The van der Waals surface area contributed by atoms with Crippen LogP contribution >= 0.6 is 0 Å². The molecule has 0 aliphatic carbocycles. The number of aromatic nitrogens is 1. The first kappa shape index (κ1) is 17.4. The van der Waals surface area contributed by atoms with Crippen LogP contribution in [0.2, 0.25) is 0 Å². The van der Waals surface area contributed by atoms with E-state index >= 15 is 0 Å². The summed E-state index contributed by atoms with van der Waals surface area (Å²) in [6.45, 7) is 6.19. The van der Waals surface area contributed by atoms with Gasteiger partial charge in [0.2, 0.25) is 0 Å². The second-order valence-electron chi connectivity index (χ2n) is 6.38. The van der Waals surface area contributed by atoms with E-state index in [4.69, 9.17) is 0 Å².